The number of nitrogens with one attached hydrogen (secondary N) is 1. The van der Waals surface area contributed by atoms with Crippen molar-refractivity contribution in [2.75, 3.05) is 6.54 Å². The second-order valence-electron chi connectivity index (χ2n) is 5.87. The number of halogens is 6. The van der Waals surface area contributed by atoms with Crippen molar-refractivity contribution in [1.29, 1.82) is 0 Å². The van der Waals surface area contributed by atoms with Crippen LogP contribution in [0.1, 0.15) is 17.5 Å². The normalized spacial score (nSPS) is 14.5. The molecule has 1 aliphatic rings. The summed E-state index contributed by atoms with van der Waals surface area (Å²) in [5, 5.41) is 17.2. The van der Waals surface area contributed by atoms with Crippen LogP contribution in [0.4, 0.5) is 26.3 Å². The van der Waals surface area contributed by atoms with Crippen LogP contribution < -0.4 is 5.32 Å². The second-order valence-corrected chi connectivity index (χ2v) is 5.87. The van der Waals surface area contributed by atoms with Crippen LogP contribution in [0, 0.1) is 0 Å². The minimum atomic E-state index is -4.27. The Kier molecular flexibility index (Phi) is 5.49. The van der Waals surface area contributed by atoms with E-state index in [1.807, 2.05) is 0 Å². The van der Waals surface area contributed by atoms with Gasteiger partial charge in [0.25, 0.3) is 0 Å². The smallest absolute Gasteiger partial charge is 0.312 e. The molecule has 0 unspecified atom stereocenters. The Hall–Kier alpha value is -2.77. The molecule has 0 fully saturated rings. The number of hydrogen-bond acceptors (Lipinski definition) is 6. The molecule has 1 N–H and O–H groups in total. The Bertz CT molecular complexity index is 928. The van der Waals surface area contributed by atoms with Crippen molar-refractivity contribution in [3.63, 3.8) is 0 Å². The molecule has 4 heterocycles. The minimum Gasteiger partial charge on any atom is -0.312 e. The molecule has 3 aromatic rings. The molecule has 0 amide bonds. The number of aromatic nitrogens is 7. The summed E-state index contributed by atoms with van der Waals surface area (Å²) in [6, 6.07) is 0. The molecule has 0 radical (unpaired) electrons. The third kappa shape index (κ3) is 5.15. The van der Waals surface area contributed by atoms with Gasteiger partial charge in [-0.15, -0.1) is 20.4 Å². The lowest BCUT2D eigenvalue weighted by Gasteiger charge is -2.16. The van der Waals surface area contributed by atoms with Crippen LogP contribution in [0.15, 0.2) is 18.6 Å². The summed E-state index contributed by atoms with van der Waals surface area (Å²) in [6.45, 7) is 1.66. The number of hydrogen-bond donors (Lipinski definition) is 1. The molecule has 0 aromatic carbocycles. The van der Waals surface area contributed by atoms with E-state index in [1.54, 1.807) is 0 Å². The fourth-order valence-electron chi connectivity index (χ4n) is 2.57. The summed E-state index contributed by atoms with van der Waals surface area (Å²) < 4.78 is 75.2. The third-order valence-corrected chi connectivity index (χ3v) is 3.70. The zero-order chi connectivity index (χ0) is 20.4. The predicted molar refractivity (Wildman–Crippen MR) is 82.0 cm³/mol. The molecular formula is C14H14F6N8. The Morgan fingerprint density at radius 2 is 1.61 bits per heavy atom. The summed E-state index contributed by atoms with van der Waals surface area (Å²) in [5.74, 6) is 0.458. The first kappa shape index (κ1) is 20.0. The highest BCUT2D eigenvalue weighted by Gasteiger charge is 2.32. The highest BCUT2D eigenvalue weighted by Crippen LogP contribution is 2.21. The molecular weight excluding hydrogens is 394 g/mol. The SMILES string of the molecule is FC(F)(F)Cc1nnc2cnccn12.FC(F)(F)Cc1nnc2n1CCNC2. The van der Waals surface area contributed by atoms with Gasteiger partial charge in [-0.1, -0.05) is 0 Å². The van der Waals surface area contributed by atoms with E-state index < -0.39 is 25.2 Å². The van der Waals surface area contributed by atoms with Crippen molar-refractivity contribution in [3.05, 3.63) is 36.1 Å². The summed E-state index contributed by atoms with van der Waals surface area (Å²) in [7, 11) is 0. The summed E-state index contributed by atoms with van der Waals surface area (Å²) in [5.41, 5.74) is 0.312. The van der Waals surface area contributed by atoms with Gasteiger partial charge in [-0.05, 0) is 0 Å². The highest BCUT2D eigenvalue weighted by molar-refractivity contribution is 5.33. The van der Waals surface area contributed by atoms with Gasteiger partial charge < -0.3 is 9.88 Å². The molecule has 8 nitrogen and oxygen atoms in total. The van der Waals surface area contributed by atoms with Gasteiger partial charge in [0.2, 0.25) is 0 Å². The molecule has 0 saturated carbocycles. The van der Waals surface area contributed by atoms with Crippen LogP contribution in [0.2, 0.25) is 0 Å². The molecule has 3 aromatic heterocycles. The van der Waals surface area contributed by atoms with Crippen molar-refractivity contribution in [3.8, 4) is 0 Å². The second kappa shape index (κ2) is 7.69. The molecule has 4 rings (SSSR count). The number of alkyl halides is 6. The first-order chi connectivity index (χ1) is 13.1. The number of nitrogens with zero attached hydrogens (tertiary/aromatic N) is 7. The number of rotatable bonds is 2. The van der Waals surface area contributed by atoms with Gasteiger partial charge in [0.1, 0.15) is 30.3 Å². The fraction of sp³-hybridized carbons (Fsp3) is 0.500. The van der Waals surface area contributed by atoms with Gasteiger partial charge in [0.05, 0.1) is 12.7 Å². The lowest BCUT2D eigenvalue weighted by atomic mass is 10.3. The van der Waals surface area contributed by atoms with E-state index in [1.165, 1.54) is 27.6 Å². The topological polar surface area (TPSA) is 85.8 Å². The van der Waals surface area contributed by atoms with Crippen LogP contribution in [0.5, 0.6) is 0 Å². The first-order valence-corrected chi connectivity index (χ1v) is 8.01. The summed E-state index contributed by atoms with van der Waals surface area (Å²) in [6.07, 6.45) is -6.43. The zero-order valence-electron chi connectivity index (χ0n) is 14.2. The van der Waals surface area contributed by atoms with Gasteiger partial charge in [-0.2, -0.15) is 26.3 Å². The van der Waals surface area contributed by atoms with Crippen LogP contribution in [0.3, 0.4) is 0 Å². The van der Waals surface area contributed by atoms with E-state index in [0.29, 0.717) is 31.1 Å². The Balaban J connectivity index is 0.000000161. The quantitative estimate of drug-likeness (QED) is 0.650. The largest absolute Gasteiger partial charge is 0.396 e. The van der Waals surface area contributed by atoms with E-state index in [4.69, 9.17) is 0 Å². The molecule has 1 aliphatic heterocycles. The molecule has 0 saturated heterocycles. The van der Waals surface area contributed by atoms with Crippen LogP contribution in [-0.4, -0.2) is 53.2 Å². The van der Waals surface area contributed by atoms with E-state index >= 15 is 0 Å². The molecule has 28 heavy (non-hydrogen) atoms. The summed E-state index contributed by atoms with van der Waals surface area (Å²) in [4.78, 5) is 3.72. The molecule has 0 spiro atoms. The highest BCUT2D eigenvalue weighted by atomic mass is 19.4. The van der Waals surface area contributed by atoms with Gasteiger partial charge in [0.15, 0.2) is 5.65 Å². The van der Waals surface area contributed by atoms with E-state index in [0.717, 1.165) is 0 Å². The number of fused-ring (bicyclic) bond motifs is 2. The van der Waals surface area contributed by atoms with Crippen molar-refractivity contribution in [2.24, 2.45) is 0 Å². The standard InChI is InChI=1S/C7H9F3N4.C7H5F3N4/c2*8-7(9,10)3-5-12-13-6-4-11-1-2-14(5)6/h11H,1-4H2;1-2,4H,3H2. The van der Waals surface area contributed by atoms with Gasteiger partial charge >= 0.3 is 12.4 Å². The van der Waals surface area contributed by atoms with Gasteiger partial charge in [-0.25, -0.2) is 0 Å². The first-order valence-electron chi connectivity index (χ1n) is 8.01. The maximum Gasteiger partial charge on any atom is 0.396 e. The van der Waals surface area contributed by atoms with Crippen LogP contribution >= 0.6 is 0 Å². The van der Waals surface area contributed by atoms with Crippen molar-refractivity contribution < 1.29 is 26.3 Å². The van der Waals surface area contributed by atoms with Crippen molar-refractivity contribution in [2.45, 2.75) is 38.3 Å². The van der Waals surface area contributed by atoms with E-state index in [-0.39, 0.29) is 11.6 Å². The zero-order valence-corrected chi connectivity index (χ0v) is 14.2. The Morgan fingerprint density at radius 3 is 2.32 bits per heavy atom. The third-order valence-electron chi connectivity index (χ3n) is 3.70. The minimum absolute atomic E-state index is 0.00833. The maximum absolute atomic E-state index is 12.1. The van der Waals surface area contributed by atoms with Crippen LogP contribution in [-0.2, 0) is 25.9 Å². The van der Waals surface area contributed by atoms with Crippen molar-refractivity contribution in [1.82, 2.24) is 39.7 Å². The van der Waals surface area contributed by atoms with E-state index in [9.17, 15) is 26.3 Å². The average molecular weight is 408 g/mol. The summed E-state index contributed by atoms with van der Waals surface area (Å²) >= 11 is 0. The predicted octanol–water partition coefficient (Wildman–Crippen LogP) is 1.72. The average Bonchev–Trinajstić information content (AvgIpc) is 3.18. The lowest BCUT2D eigenvalue weighted by molar-refractivity contribution is -0.129. The van der Waals surface area contributed by atoms with Gasteiger partial charge in [-0.3, -0.25) is 9.38 Å². The monoisotopic (exact) mass is 408 g/mol. The van der Waals surface area contributed by atoms with Crippen molar-refractivity contribution >= 4 is 5.65 Å². The van der Waals surface area contributed by atoms with Gasteiger partial charge in [0, 0.05) is 25.5 Å². The van der Waals surface area contributed by atoms with E-state index in [2.05, 4.69) is 30.7 Å². The Morgan fingerprint density at radius 1 is 0.929 bits per heavy atom. The Labute approximate surface area is 153 Å². The molecule has 152 valence electrons. The fourth-order valence-corrected chi connectivity index (χ4v) is 2.57. The molecule has 0 aliphatic carbocycles. The van der Waals surface area contributed by atoms with Crippen LogP contribution in [0.25, 0.3) is 5.65 Å². The molecule has 0 atom stereocenters. The molecule has 0 bridgehead atoms. The lowest BCUT2D eigenvalue weighted by Crippen LogP contribution is -2.30. The molecule has 14 heteroatoms. The maximum atomic E-state index is 12.1.